The molecule has 0 aliphatic carbocycles. The second-order valence-electron chi connectivity index (χ2n) is 4.73. The van der Waals surface area contributed by atoms with E-state index in [2.05, 4.69) is 17.2 Å². The molecule has 5 nitrogen and oxygen atoms in total. The van der Waals surface area contributed by atoms with Crippen molar-refractivity contribution < 1.29 is 4.74 Å². The minimum Gasteiger partial charge on any atom is -0.399 e. The molecule has 2 rings (SSSR count). The van der Waals surface area contributed by atoms with Gasteiger partial charge in [0.2, 0.25) is 0 Å². The Labute approximate surface area is 124 Å². The van der Waals surface area contributed by atoms with Gasteiger partial charge in [-0.1, -0.05) is 6.92 Å². The standard InChI is InChI=1S/C16H20N4O/c1-2-9-21-11-12-10-14(18)5-8-16(12)20-19-15-6-3-13(17)4-7-15/h3-8,10H,2,9,11,17-18H2,1H3. The van der Waals surface area contributed by atoms with Crippen LogP contribution in [0.3, 0.4) is 0 Å². The van der Waals surface area contributed by atoms with Gasteiger partial charge in [0.05, 0.1) is 18.0 Å². The zero-order chi connectivity index (χ0) is 15.1. The summed E-state index contributed by atoms with van der Waals surface area (Å²) in [6.45, 7) is 3.26. The fourth-order valence-electron chi connectivity index (χ4n) is 1.80. The first kappa shape index (κ1) is 15.0. The predicted octanol–water partition coefficient (Wildman–Crippen LogP) is 4.19. The van der Waals surface area contributed by atoms with Gasteiger partial charge in [-0.15, -0.1) is 0 Å². The van der Waals surface area contributed by atoms with E-state index in [1.165, 1.54) is 0 Å². The van der Waals surface area contributed by atoms with E-state index in [1.807, 2.05) is 24.3 Å². The van der Waals surface area contributed by atoms with Crippen molar-refractivity contribution in [3.8, 4) is 0 Å². The Morgan fingerprint density at radius 3 is 2.38 bits per heavy atom. The maximum absolute atomic E-state index is 5.81. The third-order valence-corrected chi connectivity index (χ3v) is 2.88. The molecule has 0 saturated heterocycles. The molecule has 0 spiro atoms. The fourth-order valence-corrected chi connectivity index (χ4v) is 1.80. The predicted molar refractivity (Wildman–Crippen MR) is 85.8 cm³/mol. The molecule has 0 heterocycles. The number of nitrogen functional groups attached to an aromatic ring is 2. The van der Waals surface area contributed by atoms with E-state index in [1.54, 1.807) is 18.2 Å². The Morgan fingerprint density at radius 2 is 1.67 bits per heavy atom. The van der Waals surface area contributed by atoms with Gasteiger partial charge in [0, 0.05) is 23.5 Å². The molecule has 0 unspecified atom stereocenters. The second kappa shape index (κ2) is 7.40. The molecule has 0 atom stereocenters. The largest absolute Gasteiger partial charge is 0.399 e. The van der Waals surface area contributed by atoms with Crippen LogP contribution < -0.4 is 11.5 Å². The van der Waals surface area contributed by atoms with Crippen molar-refractivity contribution in [3.63, 3.8) is 0 Å². The van der Waals surface area contributed by atoms with Crippen LogP contribution in [0, 0.1) is 0 Å². The van der Waals surface area contributed by atoms with Crippen molar-refractivity contribution in [1.82, 2.24) is 0 Å². The average molecular weight is 284 g/mol. The number of nitrogens with two attached hydrogens (primary N) is 2. The molecule has 0 amide bonds. The van der Waals surface area contributed by atoms with Crippen molar-refractivity contribution in [2.24, 2.45) is 10.2 Å². The van der Waals surface area contributed by atoms with Gasteiger partial charge in [0.25, 0.3) is 0 Å². The van der Waals surface area contributed by atoms with Crippen LogP contribution in [0.4, 0.5) is 22.7 Å². The third kappa shape index (κ3) is 4.57. The third-order valence-electron chi connectivity index (χ3n) is 2.88. The Hall–Kier alpha value is -2.40. The molecule has 2 aromatic rings. The van der Waals surface area contributed by atoms with E-state index in [9.17, 15) is 0 Å². The van der Waals surface area contributed by atoms with Crippen LogP contribution in [0.15, 0.2) is 52.7 Å². The van der Waals surface area contributed by atoms with Crippen LogP contribution >= 0.6 is 0 Å². The molecule has 0 saturated carbocycles. The molecule has 0 radical (unpaired) electrons. The summed E-state index contributed by atoms with van der Waals surface area (Å²) < 4.78 is 5.56. The summed E-state index contributed by atoms with van der Waals surface area (Å²) in [6, 6.07) is 12.8. The first-order valence-electron chi connectivity index (χ1n) is 6.92. The molecule has 0 bridgehead atoms. The van der Waals surface area contributed by atoms with Crippen LogP contribution in [-0.2, 0) is 11.3 Å². The lowest BCUT2D eigenvalue weighted by Gasteiger charge is -2.07. The summed E-state index contributed by atoms with van der Waals surface area (Å²) in [4.78, 5) is 0. The van der Waals surface area contributed by atoms with Gasteiger partial charge >= 0.3 is 0 Å². The van der Waals surface area contributed by atoms with E-state index in [4.69, 9.17) is 16.2 Å². The lowest BCUT2D eigenvalue weighted by molar-refractivity contribution is 0.122. The van der Waals surface area contributed by atoms with E-state index in [0.29, 0.717) is 24.6 Å². The first-order valence-corrected chi connectivity index (χ1v) is 6.92. The van der Waals surface area contributed by atoms with E-state index in [0.717, 1.165) is 23.4 Å². The van der Waals surface area contributed by atoms with E-state index >= 15 is 0 Å². The number of hydrogen-bond donors (Lipinski definition) is 2. The maximum atomic E-state index is 5.81. The molecule has 21 heavy (non-hydrogen) atoms. The molecule has 0 aliphatic rings. The molecule has 0 aromatic heterocycles. The number of benzene rings is 2. The summed E-state index contributed by atoms with van der Waals surface area (Å²) >= 11 is 0. The Kier molecular flexibility index (Phi) is 5.29. The van der Waals surface area contributed by atoms with Crippen LogP contribution in [0.25, 0.3) is 0 Å². The first-order chi connectivity index (χ1) is 10.2. The zero-order valence-electron chi connectivity index (χ0n) is 12.1. The van der Waals surface area contributed by atoms with Gasteiger partial charge < -0.3 is 16.2 Å². The molecule has 4 N–H and O–H groups in total. The van der Waals surface area contributed by atoms with Gasteiger partial charge in [0.1, 0.15) is 0 Å². The van der Waals surface area contributed by atoms with Gasteiger partial charge in [-0.25, -0.2) is 0 Å². The number of nitrogens with zero attached hydrogens (tertiary/aromatic N) is 2. The normalized spacial score (nSPS) is 11.1. The lowest BCUT2D eigenvalue weighted by Crippen LogP contribution is -1.96. The summed E-state index contributed by atoms with van der Waals surface area (Å²) in [6.07, 6.45) is 0.977. The van der Waals surface area contributed by atoms with E-state index < -0.39 is 0 Å². The van der Waals surface area contributed by atoms with Crippen molar-refractivity contribution in [2.45, 2.75) is 20.0 Å². The molecule has 5 heteroatoms. The monoisotopic (exact) mass is 284 g/mol. The molecule has 0 fully saturated rings. The van der Waals surface area contributed by atoms with Crippen LogP contribution in [-0.4, -0.2) is 6.61 Å². The lowest BCUT2D eigenvalue weighted by atomic mass is 10.1. The topological polar surface area (TPSA) is 86.0 Å². The zero-order valence-corrected chi connectivity index (χ0v) is 12.1. The van der Waals surface area contributed by atoms with Gasteiger partial charge in [-0.2, -0.15) is 10.2 Å². The molecular weight excluding hydrogens is 264 g/mol. The summed E-state index contributed by atoms with van der Waals surface area (Å²) in [5, 5.41) is 8.48. The molecule has 110 valence electrons. The SMILES string of the molecule is CCCOCc1cc(N)ccc1N=Nc1ccc(N)cc1. The van der Waals surface area contributed by atoms with Crippen LogP contribution in [0.5, 0.6) is 0 Å². The molecular formula is C16H20N4O. The van der Waals surface area contributed by atoms with Crippen molar-refractivity contribution in [2.75, 3.05) is 18.1 Å². The number of hydrogen-bond acceptors (Lipinski definition) is 5. The smallest absolute Gasteiger partial charge is 0.0913 e. The van der Waals surface area contributed by atoms with Crippen molar-refractivity contribution >= 4 is 22.7 Å². The summed E-state index contributed by atoms with van der Waals surface area (Å²) in [5.41, 5.74) is 15.3. The minimum atomic E-state index is 0.481. The van der Waals surface area contributed by atoms with Crippen LogP contribution in [0.1, 0.15) is 18.9 Å². The van der Waals surface area contributed by atoms with Crippen molar-refractivity contribution in [1.29, 1.82) is 0 Å². The molecule has 0 aliphatic heterocycles. The van der Waals surface area contributed by atoms with Gasteiger partial charge in [-0.3, -0.25) is 0 Å². The highest BCUT2D eigenvalue weighted by Crippen LogP contribution is 2.25. The fraction of sp³-hybridized carbons (Fsp3) is 0.250. The van der Waals surface area contributed by atoms with E-state index in [-0.39, 0.29) is 0 Å². The average Bonchev–Trinajstić information content (AvgIpc) is 2.48. The Bertz CT molecular complexity index is 608. The number of azo groups is 1. The second-order valence-corrected chi connectivity index (χ2v) is 4.73. The highest BCUT2D eigenvalue weighted by atomic mass is 16.5. The van der Waals surface area contributed by atoms with Crippen LogP contribution in [0.2, 0.25) is 0 Å². The highest BCUT2D eigenvalue weighted by molar-refractivity contribution is 5.55. The number of rotatable bonds is 6. The quantitative estimate of drug-likeness (QED) is 0.473. The summed E-state index contributed by atoms with van der Waals surface area (Å²) in [5.74, 6) is 0. The van der Waals surface area contributed by atoms with Gasteiger partial charge in [-0.05, 0) is 48.9 Å². The van der Waals surface area contributed by atoms with Gasteiger partial charge in [0.15, 0.2) is 0 Å². The highest BCUT2D eigenvalue weighted by Gasteiger charge is 2.03. The Balaban J connectivity index is 2.16. The summed E-state index contributed by atoms with van der Waals surface area (Å²) in [7, 11) is 0. The molecule has 2 aromatic carbocycles. The Morgan fingerprint density at radius 1 is 0.952 bits per heavy atom. The number of ether oxygens (including phenoxy) is 1. The number of anilines is 2. The minimum absolute atomic E-state index is 0.481. The van der Waals surface area contributed by atoms with Crippen molar-refractivity contribution in [3.05, 3.63) is 48.0 Å². The maximum Gasteiger partial charge on any atom is 0.0913 e.